The first-order valence-corrected chi connectivity index (χ1v) is 6.28. The third kappa shape index (κ3) is 2.97. The Labute approximate surface area is 114 Å². The highest BCUT2D eigenvalue weighted by Gasteiger charge is 2.18. The van der Waals surface area contributed by atoms with Gasteiger partial charge in [0.15, 0.2) is 0 Å². The highest BCUT2D eigenvalue weighted by Crippen LogP contribution is 2.38. The normalized spacial score (nSPS) is 10.2. The molecule has 19 heavy (non-hydrogen) atoms. The maximum Gasteiger partial charge on any atom is 0.305 e. The average Bonchev–Trinajstić information content (AvgIpc) is 2.38. The highest BCUT2D eigenvalue weighted by molar-refractivity contribution is 7.99. The van der Waals surface area contributed by atoms with Crippen LogP contribution in [0.5, 0.6) is 5.75 Å². The summed E-state index contributed by atoms with van der Waals surface area (Å²) in [5, 5.41) is 11.0. The number of hydrogen-bond donors (Lipinski definition) is 1. The fraction of sp³-hybridized carbons (Fsp3) is 0.0769. The van der Waals surface area contributed by atoms with Crippen LogP contribution in [0.25, 0.3) is 0 Å². The van der Waals surface area contributed by atoms with Crippen LogP contribution in [0, 0.1) is 10.1 Å². The maximum atomic E-state index is 11.0. The van der Waals surface area contributed by atoms with Crippen LogP contribution < -0.4 is 10.5 Å². The molecular formula is C13H12N2O3S. The lowest BCUT2D eigenvalue weighted by Gasteiger charge is -2.06. The summed E-state index contributed by atoms with van der Waals surface area (Å²) in [6.45, 7) is 0. The molecule has 0 amide bonds. The molecule has 6 heteroatoms. The van der Waals surface area contributed by atoms with Gasteiger partial charge in [0.1, 0.15) is 11.4 Å². The van der Waals surface area contributed by atoms with E-state index in [4.69, 9.17) is 10.5 Å². The van der Waals surface area contributed by atoms with Gasteiger partial charge in [-0.15, -0.1) is 0 Å². The van der Waals surface area contributed by atoms with E-state index >= 15 is 0 Å². The Morgan fingerprint density at radius 2 is 2.00 bits per heavy atom. The number of anilines is 1. The van der Waals surface area contributed by atoms with Gasteiger partial charge in [-0.1, -0.05) is 23.9 Å². The van der Waals surface area contributed by atoms with Gasteiger partial charge in [0.05, 0.1) is 16.9 Å². The summed E-state index contributed by atoms with van der Waals surface area (Å²) < 4.78 is 5.12. The van der Waals surface area contributed by atoms with Crippen molar-refractivity contribution >= 4 is 23.1 Å². The Bertz CT molecular complexity index is 617. The Hall–Kier alpha value is -2.21. The van der Waals surface area contributed by atoms with Crippen LogP contribution in [-0.2, 0) is 0 Å². The molecule has 0 saturated carbocycles. The van der Waals surface area contributed by atoms with Crippen molar-refractivity contribution in [3.63, 3.8) is 0 Å². The molecule has 2 rings (SSSR count). The minimum atomic E-state index is -0.460. The van der Waals surface area contributed by atoms with Crippen LogP contribution in [0.1, 0.15) is 0 Å². The first kappa shape index (κ1) is 13.2. The van der Waals surface area contributed by atoms with Crippen molar-refractivity contribution in [2.75, 3.05) is 12.8 Å². The SMILES string of the molecule is COc1cccc(Sc2cccc(N)c2[N+](=O)[O-])c1. The Morgan fingerprint density at radius 3 is 2.68 bits per heavy atom. The highest BCUT2D eigenvalue weighted by atomic mass is 32.2. The zero-order valence-corrected chi connectivity index (χ0v) is 11.0. The quantitative estimate of drug-likeness (QED) is 0.526. The van der Waals surface area contributed by atoms with Crippen molar-refractivity contribution in [1.82, 2.24) is 0 Å². The van der Waals surface area contributed by atoms with Crippen molar-refractivity contribution in [3.8, 4) is 5.75 Å². The Morgan fingerprint density at radius 1 is 1.26 bits per heavy atom. The molecule has 0 aliphatic rings. The van der Waals surface area contributed by atoms with Crippen molar-refractivity contribution < 1.29 is 9.66 Å². The molecule has 0 fully saturated rings. The summed E-state index contributed by atoms with van der Waals surface area (Å²) in [5.41, 5.74) is 5.76. The van der Waals surface area contributed by atoms with E-state index in [1.807, 2.05) is 24.3 Å². The van der Waals surface area contributed by atoms with Gasteiger partial charge >= 0.3 is 5.69 Å². The standard InChI is InChI=1S/C13H12N2O3S/c1-18-9-4-2-5-10(8-9)19-12-7-3-6-11(14)13(12)15(16)17/h2-8H,14H2,1H3. The Balaban J connectivity index is 2.38. The summed E-state index contributed by atoms with van der Waals surface area (Å²) in [6, 6.07) is 12.2. The molecule has 98 valence electrons. The molecule has 0 radical (unpaired) electrons. The number of nitrogens with zero attached hydrogens (tertiary/aromatic N) is 1. The summed E-state index contributed by atoms with van der Waals surface area (Å²) in [5.74, 6) is 0.705. The smallest absolute Gasteiger partial charge is 0.305 e. The van der Waals surface area contributed by atoms with E-state index < -0.39 is 4.92 Å². The van der Waals surface area contributed by atoms with Gasteiger partial charge in [0, 0.05) is 4.90 Å². The second-order valence-corrected chi connectivity index (χ2v) is 4.85. The van der Waals surface area contributed by atoms with Crippen LogP contribution in [0.15, 0.2) is 52.3 Å². The van der Waals surface area contributed by atoms with E-state index in [0.717, 1.165) is 4.90 Å². The molecular weight excluding hydrogens is 264 g/mol. The van der Waals surface area contributed by atoms with Gasteiger partial charge in [-0.3, -0.25) is 10.1 Å². The summed E-state index contributed by atoms with van der Waals surface area (Å²) in [7, 11) is 1.58. The van der Waals surface area contributed by atoms with Gasteiger partial charge in [-0.05, 0) is 30.3 Å². The zero-order valence-electron chi connectivity index (χ0n) is 10.2. The van der Waals surface area contributed by atoms with Gasteiger partial charge < -0.3 is 10.5 Å². The number of nitro benzene ring substituents is 1. The second-order valence-electron chi connectivity index (χ2n) is 3.73. The predicted octanol–water partition coefficient (Wildman–Crippen LogP) is 3.34. The molecule has 0 bridgehead atoms. The molecule has 0 heterocycles. The van der Waals surface area contributed by atoms with Gasteiger partial charge in [-0.2, -0.15) is 0 Å². The van der Waals surface area contributed by atoms with Crippen LogP contribution in [0.2, 0.25) is 0 Å². The van der Waals surface area contributed by atoms with Crippen LogP contribution in [-0.4, -0.2) is 12.0 Å². The number of nitrogens with two attached hydrogens (primary N) is 1. The van der Waals surface area contributed by atoms with Crippen LogP contribution >= 0.6 is 11.8 Å². The third-order valence-electron chi connectivity index (χ3n) is 2.48. The van der Waals surface area contributed by atoms with Crippen molar-refractivity contribution in [2.45, 2.75) is 9.79 Å². The molecule has 0 unspecified atom stereocenters. The molecule has 2 N–H and O–H groups in total. The number of nitrogen functional groups attached to an aromatic ring is 1. The average molecular weight is 276 g/mol. The minimum Gasteiger partial charge on any atom is -0.497 e. The molecule has 0 atom stereocenters. The van der Waals surface area contributed by atoms with Gasteiger partial charge in [0.25, 0.3) is 0 Å². The minimum absolute atomic E-state index is 0.0599. The molecule has 0 saturated heterocycles. The first-order chi connectivity index (χ1) is 9.11. The topological polar surface area (TPSA) is 78.4 Å². The number of benzene rings is 2. The van der Waals surface area contributed by atoms with Crippen LogP contribution in [0.4, 0.5) is 11.4 Å². The number of nitro groups is 1. The van der Waals surface area contributed by atoms with E-state index in [1.165, 1.54) is 17.8 Å². The largest absolute Gasteiger partial charge is 0.497 e. The zero-order chi connectivity index (χ0) is 13.8. The van der Waals surface area contributed by atoms with E-state index in [0.29, 0.717) is 10.6 Å². The maximum absolute atomic E-state index is 11.0. The molecule has 0 aromatic heterocycles. The molecule has 0 spiro atoms. The fourth-order valence-electron chi connectivity index (χ4n) is 1.61. The first-order valence-electron chi connectivity index (χ1n) is 5.46. The Kier molecular flexibility index (Phi) is 3.91. The molecule has 2 aromatic rings. The van der Waals surface area contributed by atoms with E-state index in [9.17, 15) is 10.1 Å². The van der Waals surface area contributed by atoms with Gasteiger partial charge in [-0.25, -0.2) is 0 Å². The lowest BCUT2D eigenvalue weighted by molar-refractivity contribution is -0.386. The molecule has 0 aliphatic heterocycles. The molecule has 2 aromatic carbocycles. The van der Waals surface area contributed by atoms with Crippen molar-refractivity contribution in [3.05, 3.63) is 52.6 Å². The van der Waals surface area contributed by atoms with E-state index in [2.05, 4.69) is 0 Å². The molecule has 5 nitrogen and oxygen atoms in total. The van der Waals surface area contributed by atoms with E-state index in [-0.39, 0.29) is 11.4 Å². The predicted molar refractivity (Wildman–Crippen MR) is 74.6 cm³/mol. The van der Waals surface area contributed by atoms with Crippen molar-refractivity contribution in [2.24, 2.45) is 0 Å². The monoisotopic (exact) mass is 276 g/mol. The summed E-state index contributed by atoms with van der Waals surface area (Å²) in [4.78, 5) is 11.9. The number of hydrogen-bond acceptors (Lipinski definition) is 5. The molecule has 0 aliphatic carbocycles. The third-order valence-corrected chi connectivity index (χ3v) is 3.52. The van der Waals surface area contributed by atoms with E-state index in [1.54, 1.807) is 19.2 Å². The second kappa shape index (κ2) is 5.62. The fourth-order valence-corrected chi connectivity index (χ4v) is 2.62. The summed E-state index contributed by atoms with van der Waals surface area (Å²) >= 11 is 1.28. The number of rotatable bonds is 4. The number of para-hydroxylation sites is 1. The summed E-state index contributed by atoms with van der Waals surface area (Å²) in [6.07, 6.45) is 0. The van der Waals surface area contributed by atoms with Gasteiger partial charge in [0.2, 0.25) is 0 Å². The number of methoxy groups -OCH3 is 1. The number of ether oxygens (including phenoxy) is 1. The van der Waals surface area contributed by atoms with Crippen LogP contribution in [0.3, 0.4) is 0 Å². The lowest BCUT2D eigenvalue weighted by atomic mass is 10.3. The van der Waals surface area contributed by atoms with Crippen molar-refractivity contribution in [1.29, 1.82) is 0 Å². The lowest BCUT2D eigenvalue weighted by Crippen LogP contribution is -1.97.